The van der Waals surface area contributed by atoms with E-state index in [0.717, 1.165) is 0 Å². The Morgan fingerprint density at radius 2 is 2.05 bits per heavy atom. The molecule has 0 atom stereocenters. The summed E-state index contributed by atoms with van der Waals surface area (Å²) >= 11 is 0. The van der Waals surface area contributed by atoms with Crippen molar-refractivity contribution in [3.63, 3.8) is 0 Å². The number of nitrogens with one attached hydrogen (secondary N) is 2. The van der Waals surface area contributed by atoms with Gasteiger partial charge in [0.2, 0.25) is 0 Å². The summed E-state index contributed by atoms with van der Waals surface area (Å²) in [7, 11) is 0. The number of carbonyl (C=O) groups excluding carboxylic acids is 2. The Kier molecular flexibility index (Phi) is 7.02. The summed E-state index contributed by atoms with van der Waals surface area (Å²) in [6, 6.07) is 0. The van der Waals surface area contributed by atoms with E-state index in [4.69, 9.17) is 4.74 Å². The van der Waals surface area contributed by atoms with Crippen molar-refractivity contribution in [2.75, 3.05) is 0 Å². The minimum atomic E-state index is -1.26. The molecule has 1 heterocycles. The van der Waals surface area contributed by atoms with Gasteiger partial charge < -0.3 is 20.0 Å². The van der Waals surface area contributed by atoms with Crippen LogP contribution in [0, 0.1) is 0 Å². The average Bonchev–Trinajstić information content (AvgIpc) is 2.59. The summed E-state index contributed by atoms with van der Waals surface area (Å²) in [4.78, 5) is 25.5. The van der Waals surface area contributed by atoms with Crippen LogP contribution in [-0.4, -0.2) is 32.8 Å². The van der Waals surface area contributed by atoms with Crippen molar-refractivity contribution < 1.29 is 49.0 Å². The molecule has 1 aromatic heterocycles. The van der Waals surface area contributed by atoms with E-state index in [1.807, 2.05) is 0 Å². The topological polar surface area (TPSA) is 120 Å². The van der Waals surface area contributed by atoms with Gasteiger partial charge in [-0.1, -0.05) is 0 Å². The largest absolute Gasteiger partial charge is 1.00 e. The molecule has 0 aliphatic heterocycles. The number of carbonyl (C=O) groups is 2. The number of hydrogen-bond donors (Lipinski definition) is 2. The number of rotatable bonds is 4. The number of hydrogen-bond acceptors (Lipinski definition) is 6. The van der Waals surface area contributed by atoms with Gasteiger partial charge in [-0.2, -0.15) is 5.10 Å². The minimum absolute atomic E-state index is 0. The van der Waals surface area contributed by atoms with Gasteiger partial charge in [0.15, 0.2) is 5.82 Å². The number of ether oxygens (including phenoxy) is 1. The van der Waals surface area contributed by atoms with Crippen LogP contribution in [0.4, 0.5) is 4.79 Å². The van der Waals surface area contributed by atoms with E-state index in [1.165, 1.54) is 0 Å². The van der Waals surface area contributed by atoms with Gasteiger partial charge >= 0.3 is 35.7 Å². The number of aromatic nitrogens is 3. The Morgan fingerprint density at radius 3 is 2.58 bits per heavy atom. The fourth-order valence-corrected chi connectivity index (χ4v) is 1.09. The van der Waals surface area contributed by atoms with E-state index in [1.54, 1.807) is 20.8 Å². The zero-order chi connectivity index (χ0) is 13.8. The van der Waals surface area contributed by atoms with Gasteiger partial charge in [0.1, 0.15) is 11.4 Å². The normalized spacial score (nSPS) is 10.5. The Labute approximate surface area is 132 Å². The molecule has 0 unspecified atom stereocenters. The summed E-state index contributed by atoms with van der Waals surface area (Å²) in [5, 5.41) is 18.9. The Balaban J connectivity index is 0.00000324. The zero-order valence-corrected chi connectivity index (χ0v) is 13.4. The first-order valence-electron chi connectivity index (χ1n) is 5.33. The summed E-state index contributed by atoms with van der Waals surface area (Å²) in [6.45, 7) is 5.33. The van der Waals surface area contributed by atoms with Crippen LogP contribution in [0.5, 0.6) is 0 Å². The van der Waals surface area contributed by atoms with Crippen LogP contribution < -0.4 is 40.0 Å². The molecule has 0 aromatic carbocycles. The van der Waals surface area contributed by atoms with Crippen LogP contribution in [0.1, 0.15) is 32.4 Å². The number of alkyl carbamates (subject to hydrolysis) is 1. The first-order valence-corrected chi connectivity index (χ1v) is 5.33. The van der Waals surface area contributed by atoms with Gasteiger partial charge in [-0.05, 0) is 20.8 Å². The van der Waals surface area contributed by atoms with Gasteiger partial charge in [0, 0.05) is 12.4 Å². The predicted octanol–water partition coefficient (Wildman–Crippen LogP) is -3.87. The maximum atomic E-state index is 11.3. The molecule has 8 nitrogen and oxygen atoms in total. The molecule has 2 N–H and O–H groups in total. The third kappa shape index (κ3) is 7.81. The van der Waals surface area contributed by atoms with Crippen molar-refractivity contribution in [1.82, 2.24) is 20.5 Å². The van der Waals surface area contributed by atoms with E-state index in [0.29, 0.717) is 5.82 Å². The second kappa shape index (κ2) is 7.46. The van der Waals surface area contributed by atoms with E-state index in [-0.39, 0.29) is 48.3 Å². The number of amides is 1. The van der Waals surface area contributed by atoms with Crippen molar-refractivity contribution >= 4 is 12.1 Å². The molecule has 0 spiro atoms. The fraction of sp³-hybridized carbons (Fsp3) is 0.600. The second-order valence-electron chi connectivity index (χ2n) is 4.60. The molecule has 0 saturated carbocycles. The van der Waals surface area contributed by atoms with Crippen LogP contribution in [0.15, 0.2) is 0 Å². The molecule has 1 rings (SSSR count). The van der Waals surface area contributed by atoms with E-state index >= 15 is 0 Å². The summed E-state index contributed by atoms with van der Waals surface area (Å²) in [5.41, 5.74) is -0.578. The maximum Gasteiger partial charge on any atom is 1.00 e. The summed E-state index contributed by atoms with van der Waals surface area (Å²) < 4.78 is 5.01. The van der Waals surface area contributed by atoms with Crippen molar-refractivity contribution in [2.24, 2.45) is 0 Å². The van der Waals surface area contributed by atoms with Crippen molar-refractivity contribution in [3.8, 4) is 0 Å². The standard InChI is InChI=1S/C10H16N4O4.Na/c1-10(2,3)18-9(17)11-5-7-12-6(13-14-7)4-8(15)16;/h4-5H2,1-3H3,(H,11,17)(H,15,16)(H,12,13,14);/q;+1/p-1. The molecule has 0 bridgehead atoms. The van der Waals surface area contributed by atoms with Gasteiger partial charge in [-0.3, -0.25) is 5.10 Å². The molecular weight excluding hydrogens is 263 g/mol. The molecule has 1 amide bonds. The van der Waals surface area contributed by atoms with E-state index < -0.39 is 17.7 Å². The molecule has 9 heteroatoms. The third-order valence-electron chi connectivity index (χ3n) is 1.68. The fourth-order valence-electron chi connectivity index (χ4n) is 1.09. The van der Waals surface area contributed by atoms with Crippen molar-refractivity contribution in [3.05, 3.63) is 11.6 Å². The molecule has 0 aliphatic rings. The number of aliphatic carboxylic acids is 1. The van der Waals surface area contributed by atoms with Crippen molar-refractivity contribution in [1.29, 1.82) is 0 Å². The molecule has 0 radical (unpaired) electrons. The van der Waals surface area contributed by atoms with Crippen LogP contribution in [0.2, 0.25) is 0 Å². The smallest absolute Gasteiger partial charge is 0.550 e. The number of nitrogens with zero attached hydrogens (tertiary/aromatic N) is 2. The van der Waals surface area contributed by atoms with E-state index in [9.17, 15) is 14.7 Å². The van der Waals surface area contributed by atoms with Crippen LogP contribution >= 0.6 is 0 Å². The summed E-state index contributed by atoms with van der Waals surface area (Å²) in [6.07, 6.45) is -0.955. The zero-order valence-electron chi connectivity index (χ0n) is 11.4. The van der Waals surface area contributed by atoms with Crippen LogP contribution in [-0.2, 0) is 22.5 Å². The van der Waals surface area contributed by atoms with Gasteiger partial charge in [0.05, 0.1) is 6.54 Å². The quantitative estimate of drug-likeness (QED) is 0.544. The SMILES string of the molecule is CC(C)(C)OC(=O)NCc1nc(CC(=O)[O-])n[nH]1.[Na+]. The minimum Gasteiger partial charge on any atom is -0.550 e. The number of carboxylic acid groups (broad SMARTS) is 1. The van der Waals surface area contributed by atoms with Crippen LogP contribution in [0.3, 0.4) is 0 Å². The number of H-pyrrole nitrogens is 1. The molecule has 0 fully saturated rings. The van der Waals surface area contributed by atoms with Crippen LogP contribution in [0.25, 0.3) is 0 Å². The van der Waals surface area contributed by atoms with Gasteiger partial charge in [0.25, 0.3) is 0 Å². The second-order valence-corrected chi connectivity index (χ2v) is 4.60. The Hall–Kier alpha value is -1.12. The van der Waals surface area contributed by atoms with Crippen molar-refractivity contribution in [2.45, 2.75) is 39.3 Å². The molecule has 19 heavy (non-hydrogen) atoms. The molecular formula is C10H15N4NaO4. The number of carboxylic acids is 1. The van der Waals surface area contributed by atoms with Gasteiger partial charge in [-0.15, -0.1) is 0 Å². The molecule has 0 saturated heterocycles. The third-order valence-corrected chi connectivity index (χ3v) is 1.68. The molecule has 100 valence electrons. The number of aromatic amines is 1. The summed E-state index contributed by atoms with van der Waals surface area (Å²) in [5.74, 6) is -0.811. The average molecular weight is 278 g/mol. The maximum absolute atomic E-state index is 11.3. The molecule has 0 aliphatic carbocycles. The first kappa shape index (κ1) is 17.9. The monoisotopic (exact) mass is 278 g/mol. The Morgan fingerprint density at radius 1 is 1.42 bits per heavy atom. The molecule has 1 aromatic rings. The predicted molar refractivity (Wildman–Crippen MR) is 58.2 cm³/mol. The Bertz CT molecular complexity index is 441. The first-order chi connectivity index (χ1) is 8.26. The van der Waals surface area contributed by atoms with E-state index in [2.05, 4.69) is 20.5 Å². The van der Waals surface area contributed by atoms with Gasteiger partial charge in [-0.25, -0.2) is 9.78 Å².